The number of fused-ring (bicyclic) bond motifs is 1. The van der Waals surface area contributed by atoms with Crippen molar-refractivity contribution in [3.05, 3.63) is 53.2 Å². The van der Waals surface area contributed by atoms with E-state index in [4.69, 9.17) is 4.74 Å². The predicted molar refractivity (Wildman–Crippen MR) is 112 cm³/mol. The lowest BCUT2D eigenvalue weighted by Crippen LogP contribution is -2.58. The van der Waals surface area contributed by atoms with Crippen LogP contribution in [0.4, 0.5) is 0 Å². The lowest BCUT2D eigenvalue weighted by atomic mass is 9.94. The smallest absolute Gasteiger partial charge is 0.147 e. The number of aliphatic hydroxyl groups excluding tert-OH is 4. The summed E-state index contributed by atoms with van der Waals surface area (Å²) in [7, 11) is 0. The molecule has 30 heavy (non-hydrogen) atoms. The third-order valence-corrected chi connectivity index (χ3v) is 5.49. The van der Waals surface area contributed by atoms with E-state index in [-0.39, 0.29) is 0 Å². The summed E-state index contributed by atoms with van der Waals surface area (Å²) in [6.07, 6.45) is -4.57. The molecule has 2 heterocycles. The molecular weight excluding hydrogens is 384 g/mol. The molecule has 5 N–H and O–H groups in total. The number of benzene rings is 2. The molecule has 1 saturated heterocycles. The van der Waals surface area contributed by atoms with Crippen LogP contribution in [0.1, 0.15) is 16.7 Å². The first-order valence-corrected chi connectivity index (χ1v) is 9.76. The predicted octanol–water partition coefficient (Wildman–Crippen LogP) is 1.04. The highest BCUT2D eigenvalue weighted by Gasteiger charge is 2.42. The third-order valence-electron chi connectivity index (χ3n) is 5.49. The quantitative estimate of drug-likeness (QED) is 0.405. The van der Waals surface area contributed by atoms with Gasteiger partial charge in [-0.3, -0.25) is 5.10 Å². The van der Waals surface area contributed by atoms with Crippen molar-refractivity contribution in [3.8, 4) is 23.0 Å². The van der Waals surface area contributed by atoms with Crippen LogP contribution in [0.3, 0.4) is 0 Å². The van der Waals surface area contributed by atoms with Crippen LogP contribution in [-0.4, -0.2) is 67.8 Å². The summed E-state index contributed by atoms with van der Waals surface area (Å²) in [6.45, 7) is 3.60. The van der Waals surface area contributed by atoms with Crippen molar-refractivity contribution in [2.45, 2.75) is 44.4 Å². The van der Waals surface area contributed by atoms with E-state index in [1.54, 1.807) is 6.20 Å². The molecule has 1 aromatic heterocycles. The molecule has 0 radical (unpaired) electrons. The Morgan fingerprint density at radius 2 is 1.87 bits per heavy atom. The molecule has 1 aliphatic rings. The molecule has 0 bridgehead atoms. The van der Waals surface area contributed by atoms with E-state index in [1.807, 2.05) is 26.0 Å². The van der Waals surface area contributed by atoms with Gasteiger partial charge in [0, 0.05) is 5.39 Å². The van der Waals surface area contributed by atoms with E-state index in [1.165, 1.54) is 0 Å². The Bertz CT molecular complexity index is 1130. The normalized spacial score (nSPS) is 26.4. The minimum absolute atomic E-state index is 0.490. The fourth-order valence-electron chi connectivity index (χ4n) is 3.73. The Kier molecular flexibility index (Phi) is 5.60. The molecule has 3 aromatic rings. The summed E-state index contributed by atoms with van der Waals surface area (Å²) in [4.78, 5) is 0. The van der Waals surface area contributed by atoms with Gasteiger partial charge in [0.05, 0.1) is 23.9 Å². The average molecular weight is 408 g/mol. The van der Waals surface area contributed by atoms with E-state index >= 15 is 0 Å². The maximum Gasteiger partial charge on any atom is 0.147 e. The molecule has 4 unspecified atom stereocenters. The first-order chi connectivity index (χ1) is 14.4. The van der Waals surface area contributed by atoms with E-state index < -0.39 is 37.1 Å². The van der Waals surface area contributed by atoms with Gasteiger partial charge in [-0.2, -0.15) is 5.10 Å². The molecule has 0 spiro atoms. The maximum absolute atomic E-state index is 10.2. The van der Waals surface area contributed by atoms with Gasteiger partial charge >= 0.3 is 0 Å². The van der Waals surface area contributed by atoms with Gasteiger partial charge in [0.2, 0.25) is 0 Å². The van der Waals surface area contributed by atoms with E-state index in [0.717, 1.165) is 33.2 Å². The number of ether oxygens (including phenoxy) is 1. The van der Waals surface area contributed by atoms with Crippen molar-refractivity contribution in [1.82, 2.24) is 10.2 Å². The summed E-state index contributed by atoms with van der Waals surface area (Å²) in [5, 5.41) is 47.4. The second kappa shape index (κ2) is 8.19. The molecule has 4 rings (SSSR count). The largest absolute Gasteiger partial charge is 0.394 e. The number of hydrogen-bond donors (Lipinski definition) is 5. The van der Waals surface area contributed by atoms with Crippen molar-refractivity contribution in [3.63, 3.8) is 0 Å². The number of aryl methyl sites for hydroxylation is 2. The molecular formula is C23H24N2O5. The molecule has 0 saturated carbocycles. The second-order valence-corrected chi connectivity index (χ2v) is 7.70. The van der Waals surface area contributed by atoms with Crippen LogP contribution in [-0.2, 0) is 4.74 Å². The van der Waals surface area contributed by atoms with Crippen molar-refractivity contribution in [2.24, 2.45) is 0 Å². The van der Waals surface area contributed by atoms with Gasteiger partial charge in [0.25, 0.3) is 0 Å². The number of nitrogens with zero attached hydrogens (tertiary/aromatic N) is 1. The molecule has 0 aliphatic carbocycles. The summed E-state index contributed by atoms with van der Waals surface area (Å²) < 4.78 is 5.49. The van der Waals surface area contributed by atoms with Gasteiger partial charge in [-0.1, -0.05) is 35.6 Å². The highest BCUT2D eigenvalue weighted by molar-refractivity contribution is 5.90. The Balaban J connectivity index is 1.75. The van der Waals surface area contributed by atoms with Gasteiger partial charge in [0.1, 0.15) is 30.5 Å². The monoisotopic (exact) mass is 408 g/mol. The number of hydrogen-bond acceptors (Lipinski definition) is 6. The van der Waals surface area contributed by atoms with Gasteiger partial charge in [-0.15, -0.1) is 0 Å². The number of nitrogens with one attached hydrogen (secondary N) is 1. The van der Waals surface area contributed by atoms with Crippen LogP contribution in [0.15, 0.2) is 36.5 Å². The SMILES string of the molecule is Cc1ccc(C)c(-c2cc(C#CC3OC(CO)[C@@H](O)C(O)C3O)c3[nH]ncc3c2)c1. The first kappa shape index (κ1) is 20.5. The fourth-order valence-corrected chi connectivity index (χ4v) is 3.73. The second-order valence-electron chi connectivity index (χ2n) is 7.70. The molecule has 1 fully saturated rings. The molecule has 0 amide bonds. The molecule has 156 valence electrons. The van der Waals surface area contributed by atoms with Crippen LogP contribution < -0.4 is 0 Å². The highest BCUT2D eigenvalue weighted by atomic mass is 16.5. The molecule has 5 atom stereocenters. The summed E-state index contributed by atoms with van der Waals surface area (Å²) in [6, 6.07) is 10.2. The number of aliphatic hydroxyl groups is 4. The number of H-pyrrole nitrogens is 1. The average Bonchev–Trinajstić information content (AvgIpc) is 3.22. The maximum atomic E-state index is 10.2. The minimum Gasteiger partial charge on any atom is -0.394 e. The lowest BCUT2D eigenvalue weighted by Gasteiger charge is -2.37. The van der Waals surface area contributed by atoms with Crippen molar-refractivity contribution < 1.29 is 25.2 Å². The first-order valence-electron chi connectivity index (χ1n) is 9.76. The van der Waals surface area contributed by atoms with Gasteiger partial charge < -0.3 is 25.2 Å². The molecule has 7 heteroatoms. The van der Waals surface area contributed by atoms with Crippen molar-refractivity contribution in [2.75, 3.05) is 6.61 Å². The summed E-state index contributed by atoms with van der Waals surface area (Å²) in [5.74, 6) is 5.85. The van der Waals surface area contributed by atoms with Crippen LogP contribution in [0, 0.1) is 25.7 Å². The lowest BCUT2D eigenvalue weighted by molar-refractivity contribution is -0.214. The van der Waals surface area contributed by atoms with Crippen LogP contribution in [0.25, 0.3) is 22.0 Å². The summed E-state index contributed by atoms with van der Waals surface area (Å²) >= 11 is 0. The van der Waals surface area contributed by atoms with E-state index in [2.05, 4.69) is 40.2 Å². The van der Waals surface area contributed by atoms with Gasteiger partial charge in [-0.05, 0) is 42.7 Å². The minimum atomic E-state index is -1.45. The number of aromatic nitrogens is 2. The Morgan fingerprint density at radius 1 is 1.07 bits per heavy atom. The Morgan fingerprint density at radius 3 is 2.63 bits per heavy atom. The third kappa shape index (κ3) is 3.72. The molecule has 7 nitrogen and oxygen atoms in total. The fraction of sp³-hybridized carbons (Fsp3) is 0.348. The molecule has 2 aromatic carbocycles. The Labute approximate surface area is 174 Å². The zero-order valence-corrected chi connectivity index (χ0v) is 16.7. The topological polar surface area (TPSA) is 119 Å². The van der Waals surface area contributed by atoms with Crippen molar-refractivity contribution in [1.29, 1.82) is 0 Å². The number of aromatic amines is 1. The van der Waals surface area contributed by atoms with Crippen LogP contribution in [0.2, 0.25) is 0 Å². The molecule has 1 aliphatic heterocycles. The van der Waals surface area contributed by atoms with Gasteiger partial charge in [-0.25, -0.2) is 0 Å². The number of rotatable bonds is 2. The van der Waals surface area contributed by atoms with Crippen LogP contribution in [0.5, 0.6) is 0 Å². The Hall–Kier alpha value is -2.73. The van der Waals surface area contributed by atoms with E-state index in [0.29, 0.717) is 5.56 Å². The van der Waals surface area contributed by atoms with Gasteiger partial charge in [0.15, 0.2) is 0 Å². The highest BCUT2D eigenvalue weighted by Crippen LogP contribution is 2.29. The van der Waals surface area contributed by atoms with Crippen LogP contribution >= 0.6 is 0 Å². The summed E-state index contributed by atoms with van der Waals surface area (Å²) in [5.41, 5.74) is 5.78. The van der Waals surface area contributed by atoms with E-state index in [9.17, 15) is 20.4 Å². The standard InChI is InChI=1S/C23H24N2O5/c1-12-3-4-13(2)17(7-12)15-8-14(20-16(9-15)10-24-25-20)5-6-18-21(27)23(29)22(28)19(11-26)30-18/h3-4,7-10,18-19,21-23,26-29H,11H2,1-2H3,(H,24,25)/t18?,19?,21?,22-,23?/m1/s1. The zero-order chi connectivity index (χ0) is 21.4. The van der Waals surface area contributed by atoms with Crippen molar-refractivity contribution >= 4 is 10.9 Å². The zero-order valence-electron chi connectivity index (χ0n) is 16.7.